The Kier molecular flexibility index (Phi) is 5.46. The lowest BCUT2D eigenvalue weighted by molar-refractivity contribution is 0.0815. The molecule has 0 amide bonds. The number of piperazine rings is 1. The Morgan fingerprint density at radius 3 is 2.28 bits per heavy atom. The van der Waals surface area contributed by atoms with Crippen LogP contribution in [0.3, 0.4) is 0 Å². The van der Waals surface area contributed by atoms with Gasteiger partial charge in [-0.2, -0.15) is 0 Å². The zero-order chi connectivity index (χ0) is 13.0. The van der Waals surface area contributed by atoms with Gasteiger partial charge in [0.05, 0.1) is 0 Å². The average Bonchev–Trinajstić information content (AvgIpc) is 2.40. The van der Waals surface area contributed by atoms with E-state index in [4.69, 9.17) is 0 Å². The molecule has 2 rings (SSSR count). The molecule has 0 aliphatic carbocycles. The summed E-state index contributed by atoms with van der Waals surface area (Å²) in [5, 5.41) is 0. The molecule has 2 saturated heterocycles. The summed E-state index contributed by atoms with van der Waals surface area (Å²) in [5.74, 6) is 0.911. The largest absolute Gasteiger partial charge is 0.301 e. The normalized spacial score (nSPS) is 29.0. The summed E-state index contributed by atoms with van der Waals surface area (Å²) < 4.78 is 0. The van der Waals surface area contributed by atoms with Crippen LogP contribution < -0.4 is 0 Å². The fourth-order valence-corrected chi connectivity index (χ4v) is 3.37. The highest BCUT2D eigenvalue weighted by Crippen LogP contribution is 2.20. The van der Waals surface area contributed by atoms with Gasteiger partial charge in [-0.1, -0.05) is 6.92 Å². The molecule has 0 aromatic carbocycles. The van der Waals surface area contributed by atoms with E-state index in [2.05, 4.69) is 35.5 Å². The van der Waals surface area contributed by atoms with Crippen LogP contribution in [0.1, 0.15) is 33.6 Å². The molecule has 0 aromatic heterocycles. The van der Waals surface area contributed by atoms with Gasteiger partial charge in [0.2, 0.25) is 0 Å². The maximum absolute atomic E-state index is 2.70. The highest BCUT2D eigenvalue weighted by atomic mass is 15.3. The third-order valence-corrected chi connectivity index (χ3v) is 4.71. The van der Waals surface area contributed by atoms with Crippen molar-refractivity contribution >= 4 is 0 Å². The number of hydrogen-bond donors (Lipinski definition) is 0. The fraction of sp³-hybridized carbons (Fsp3) is 1.00. The molecule has 2 heterocycles. The minimum atomic E-state index is 0.727. The van der Waals surface area contributed by atoms with Crippen LogP contribution in [0, 0.1) is 5.92 Å². The predicted octanol–water partition coefficient (Wildman–Crippen LogP) is 1.74. The molecule has 0 radical (unpaired) electrons. The summed E-state index contributed by atoms with van der Waals surface area (Å²) in [6, 6.07) is 0.727. The second kappa shape index (κ2) is 6.88. The smallest absolute Gasteiger partial charge is 0.0110 e. The first-order valence-corrected chi connectivity index (χ1v) is 7.87. The maximum Gasteiger partial charge on any atom is 0.0110 e. The first-order valence-electron chi connectivity index (χ1n) is 7.87. The number of likely N-dealkylation sites (tertiary alicyclic amines) is 1. The van der Waals surface area contributed by atoms with Crippen LogP contribution in [0.4, 0.5) is 0 Å². The Balaban J connectivity index is 1.73. The predicted molar refractivity (Wildman–Crippen MR) is 78.0 cm³/mol. The Morgan fingerprint density at radius 2 is 1.67 bits per heavy atom. The molecule has 3 nitrogen and oxygen atoms in total. The summed E-state index contributed by atoms with van der Waals surface area (Å²) >= 11 is 0. The van der Waals surface area contributed by atoms with Gasteiger partial charge in [0.1, 0.15) is 0 Å². The average molecular weight is 253 g/mol. The second-order valence-corrected chi connectivity index (χ2v) is 6.33. The fourth-order valence-electron chi connectivity index (χ4n) is 3.37. The van der Waals surface area contributed by atoms with Crippen molar-refractivity contribution < 1.29 is 0 Å². The molecule has 3 heteroatoms. The van der Waals surface area contributed by atoms with Crippen molar-refractivity contribution in [1.82, 2.24) is 14.7 Å². The first kappa shape index (κ1) is 14.3. The lowest BCUT2D eigenvalue weighted by Crippen LogP contribution is -2.50. The van der Waals surface area contributed by atoms with E-state index in [-0.39, 0.29) is 0 Å². The Bertz CT molecular complexity index is 234. The molecule has 0 aromatic rings. The van der Waals surface area contributed by atoms with Crippen molar-refractivity contribution in [2.45, 2.75) is 39.7 Å². The number of rotatable bonds is 4. The number of hydrogen-bond acceptors (Lipinski definition) is 3. The zero-order valence-electron chi connectivity index (χ0n) is 12.6. The van der Waals surface area contributed by atoms with E-state index in [0.29, 0.717) is 0 Å². The van der Waals surface area contributed by atoms with Crippen LogP contribution in [-0.4, -0.2) is 73.1 Å². The third kappa shape index (κ3) is 3.94. The van der Waals surface area contributed by atoms with Gasteiger partial charge in [0.25, 0.3) is 0 Å². The first-order chi connectivity index (χ1) is 8.69. The maximum atomic E-state index is 2.70. The number of piperidine rings is 1. The number of nitrogens with zero attached hydrogens (tertiary/aromatic N) is 3. The van der Waals surface area contributed by atoms with E-state index in [1.54, 1.807) is 0 Å². The minimum absolute atomic E-state index is 0.727. The third-order valence-electron chi connectivity index (χ3n) is 4.71. The summed E-state index contributed by atoms with van der Waals surface area (Å²) in [4.78, 5) is 7.93. The summed E-state index contributed by atoms with van der Waals surface area (Å²) in [6.07, 6.45) is 2.84. The van der Waals surface area contributed by atoms with Crippen LogP contribution in [0.5, 0.6) is 0 Å². The molecule has 2 aliphatic rings. The van der Waals surface area contributed by atoms with Crippen molar-refractivity contribution in [3.05, 3.63) is 0 Å². The molecule has 18 heavy (non-hydrogen) atoms. The van der Waals surface area contributed by atoms with Crippen LogP contribution in [0.15, 0.2) is 0 Å². The molecule has 2 fully saturated rings. The summed E-state index contributed by atoms with van der Waals surface area (Å²) in [7, 11) is 0. The molecule has 106 valence electrons. The van der Waals surface area contributed by atoms with Crippen LogP contribution >= 0.6 is 0 Å². The van der Waals surface area contributed by atoms with Crippen molar-refractivity contribution in [3.63, 3.8) is 0 Å². The quantitative estimate of drug-likeness (QED) is 0.756. The molecule has 0 spiro atoms. The van der Waals surface area contributed by atoms with Gasteiger partial charge in [0.15, 0.2) is 0 Å². The van der Waals surface area contributed by atoms with E-state index in [0.717, 1.165) is 12.0 Å². The van der Waals surface area contributed by atoms with Crippen molar-refractivity contribution in [2.75, 3.05) is 52.4 Å². The zero-order valence-corrected chi connectivity index (χ0v) is 12.6. The van der Waals surface area contributed by atoms with Crippen LogP contribution in [0.25, 0.3) is 0 Å². The van der Waals surface area contributed by atoms with Gasteiger partial charge in [-0.15, -0.1) is 0 Å². The monoisotopic (exact) mass is 253 g/mol. The topological polar surface area (TPSA) is 9.72 Å². The van der Waals surface area contributed by atoms with Gasteiger partial charge in [-0.05, 0) is 45.7 Å². The minimum Gasteiger partial charge on any atom is -0.301 e. The van der Waals surface area contributed by atoms with Crippen molar-refractivity contribution in [1.29, 1.82) is 0 Å². The van der Waals surface area contributed by atoms with Gasteiger partial charge in [0, 0.05) is 45.3 Å². The standard InChI is InChI=1S/C15H31N3/c1-4-16-8-10-17(11-9-16)12-15-6-5-7-18(13-15)14(2)3/h14-15H,4-13H2,1-3H3/t15-/m0/s1. The van der Waals surface area contributed by atoms with Gasteiger partial charge in [-0.25, -0.2) is 0 Å². The van der Waals surface area contributed by atoms with Crippen molar-refractivity contribution in [3.8, 4) is 0 Å². The summed E-state index contributed by atoms with van der Waals surface area (Å²) in [5.41, 5.74) is 0. The molecule has 0 saturated carbocycles. The van der Waals surface area contributed by atoms with Gasteiger partial charge in [-0.3, -0.25) is 0 Å². The van der Waals surface area contributed by atoms with Crippen LogP contribution in [-0.2, 0) is 0 Å². The van der Waals surface area contributed by atoms with Gasteiger partial charge < -0.3 is 14.7 Å². The summed E-state index contributed by atoms with van der Waals surface area (Å²) in [6.45, 7) is 17.3. The number of likely N-dealkylation sites (N-methyl/N-ethyl adjacent to an activating group) is 1. The van der Waals surface area contributed by atoms with Crippen LogP contribution in [0.2, 0.25) is 0 Å². The SMILES string of the molecule is CCN1CCN(C[C@@H]2CCCN(C(C)C)C2)CC1. The molecule has 0 unspecified atom stereocenters. The molecule has 2 aliphatic heterocycles. The second-order valence-electron chi connectivity index (χ2n) is 6.33. The Hall–Kier alpha value is -0.120. The molecule has 1 atom stereocenters. The lowest BCUT2D eigenvalue weighted by atomic mass is 9.96. The molecule has 0 N–H and O–H groups in total. The van der Waals surface area contributed by atoms with Gasteiger partial charge >= 0.3 is 0 Å². The molecular weight excluding hydrogens is 222 g/mol. The molecule has 0 bridgehead atoms. The Morgan fingerprint density at radius 1 is 1.00 bits per heavy atom. The van der Waals surface area contributed by atoms with E-state index in [1.807, 2.05) is 0 Å². The van der Waals surface area contributed by atoms with Crippen molar-refractivity contribution in [2.24, 2.45) is 5.92 Å². The lowest BCUT2D eigenvalue weighted by Gasteiger charge is -2.40. The van der Waals surface area contributed by atoms with E-state index >= 15 is 0 Å². The highest BCUT2D eigenvalue weighted by Gasteiger charge is 2.24. The van der Waals surface area contributed by atoms with E-state index in [1.165, 1.54) is 65.2 Å². The van der Waals surface area contributed by atoms with E-state index < -0.39 is 0 Å². The highest BCUT2D eigenvalue weighted by molar-refractivity contribution is 4.80. The van der Waals surface area contributed by atoms with E-state index in [9.17, 15) is 0 Å². The Labute approximate surface area is 113 Å². The molecular formula is C15H31N3.